The van der Waals surface area contributed by atoms with E-state index in [0.29, 0.717) is 11.0 Å². The molecule has 1 spiro atoms. The average molecular weight is 236 g/mol. The minimum atomic E-state index is 0.301. The lowest BCUT2D eigenvalue weighted by Gasteiger charge is -2.43. The normalized spacial score (nSPS) is 46.4. The largest absolute Gasteiger partial charge is 0.375 e. The molecule has 0 unspecified atom stereocenters. The summed E-state index contributed by atoms with van der Waals surface area (Å²) in [7, 11) is 0. The van der Waals surface area contributed by atoms with Gasteiger partial charge < -0.3 is 4.74 Å². The molecule has 2 saturated carbocycles. The molecular weight excluding hydrogens is 208 g/mol. The summed E-state index contributed by atoms with van der Waals surface area (Å²) in [6.07, 6.45) is 9.69. The lowest BCUT2D eigenvalue weighted by Crippen LogP contribution is -2.39. The number of ether oxygens (including phenoxy) is 1. The summed E-state index contributed by atoms with van der Waals surface area (Å²) in [4.78, 5) is 0. The van der Waals surface area contributed by atoms with Crippen LogP contribution in [0.25, 0.3) is 0 Å². The molecule has 3 aliphatic rings. The first-order valence-corrected chi connectivity index (χ1v) is 7.62. The molecule has 17 heavy (non-hydrogen) atoms. The summed E-state index contributed by atoms with van der Waals surface area (Å²) in [6, 6.07) is 0. The van der Waals surface area contributed by atoms with Gasteiger partial charge in [-0.3, -0.25) is 0 Å². The summed E-state index contributed by atoms with van der Waals surface area (Å²) in [5.41, 5.74) is 0.795. The Bertz CT molecular complexity index is 266. The van der Waals surface area contributed by atoms with Gasteiger partial charge in [-0.05, 0) is 68.1 Å². The van der Waals surface area contributed by atoms with Gasteiger partial charge in [0.1, 0.15) is 0 Å². The zero-order valence-corrected chi connectivity index (χ0v) is 11.8. The highest BCUT2D eigenvalue weighted by Gasteiger charge is 2.47. The standard InChI is InChI=1S/C16H28O/c1-15(2,3)14-5-8-16(9-6-14)7-4-12-10-13(12)11-17-16/h12-14H,4-11H2,1-3H3/t12-,13+,14?,16?/m1/s1. The fourth-order valence-corrected chi connectivity index (χ4v) is 4.08. The Hall–Kier alpha value is -0.0400. The molecule has 3 rings (SSSR count). The van der Waals surface area contributed by atoms with Gasteiger partial charge in [0.2, 0.25) is 0 Å². The van der Waals surface area contributed by atoms with Crippen molar-refractivity contribution in [2.75, 3.05) is 6.61 Å². The van der Waals surface area contributed by atoms with Gasteiger partial charge in [0.05, 0.1) is 12.2 Å². The van der Waals surface area contributed by atoms with Crippen molar-refractivity contribution in [3.63, 3.8) is 0 Å². The molecule has 0 N–H and O–H groups in total. The number of hydrogen-bond acceptors (Lipinski definition) is 1. The second-order valence-electron chi connectivity index (χ2n) is 7.93. The molecule has 0 aromatic rings. The van der Waals surface area contributed by atoms with Crippen molar-refractivity contribution < 1.29 is 4.74 Å². The summed E-state index contributed by atoms with van der Waals surface area (Å²) in [6.45, 7) is 8.28. The molecule has 0 radical (unpaired) electrons. The van der Waals surface area contributed by atoms with Crippen molar-refractivity contribution in [3.8, 4) is 0 Å². The molecule has 2 aliphatic carbocycles. The highest BCUT2D eigenvalue weighted by atomic mass is 16.5. The van der Waals surface area contributed by atoms with Gasteiger partial charge in [-0.2, -0.15) is 0 Å². The number of rotatable bonds is 0. The fraction of sp³-hybridized carbons (Fsp3) is 1.00. The van der Waals surface area contributed by atoms with E-state index in [0.717, 1.165) is 24.4 Å². The summed E-state index contributed by atoms with van der Waals surface area (Å²) < 4.78 is 6.35. The minimum absolute atomic E-state index is 0.301. The SMILES string of the molecule is CC(C)(C)C1CCC2(CC1)CC[C@@H]1C[C@H]1CO2. The zero-order chi connectivity index (χ0) is 12.1. The molecule has 3 fully saturated rings. The van der Waals surface area contributed by atoms with Crippen LogP contribution in [-0.2, 0) is 4.74 Å². The average Bonchev–Trinajstić information content (AvgIpc) is 3.02. The van der Waals surface area contributed by atoms with Crippen LogP contribution in [0.4, 0.5) is 0 Å². The highest BCUT2D eigenvalue weighted by molar-refractivity contribution is 4.97. The summed E-state index contributed by atoms with van der Waals surface area (Å²) >= 11 is 0. The molecule has 1 saturated heterocycles. The van der Waals surface area contributed by atoms with E-state index in [4.69, 9.17) is 4.74 Å². The first-order chi connectivity index (χ1) is 7.99. The van der Waals surface area contributed by atoms with Crippen LogP contribution < -0.4 is 0 Å². The van der Waals surface area contributed by atoms with Crippen molar-refractivity contribution >= 4 is 0 Å². The molecule has 1 heterocycles. The second-order valence-corrected chi connectivity index (χ2v) is 7.93. The number of fused-ring (bicyclic) bond motifs is 1. The highest BCUT2D eigenvalue weighted by Crippen LogP contribution is 2.51. The minimum Gasteiger partial charge on any atom is -0.375 e. The molecule has 0 aromatic carbocycles. The van der Waals surface area contributed by atoms with Gasteiger partial charge in [-0.25, -0.2) is 0 Å². The lowest BCUT2D eigenvalue weighted by atomic mass is 9.67. The summed E-state index contributed by atoms with van der Waals surface area (Å²) in [5, 5.41) is 0. The molecule has 1 heteroatoms. The van der Waals surface area contributed by atoms with E-state index in [1.807, 2.05) is 0 Å². The van der Waals surface area contributed by atoms with Crippen molar-refractivity contribution in [2.24, 2.45) is 23.2 Å². The summed E-state index contributed by atoms with van der Waals surface area (Å²) in [5.74, 6) is 2.89. The third kappa shape index (κ3) is 2.41. The third-order valence-corrected chi connectivity index (χ3v) is 5.76. The van der Waals surface area contributed by atoms with Gasteiger partial charge >= 0.3 is 0 Å². The third-order valence-electron chi connectivity index (χ3n) is 5.76. The van der Waals surface area contributed by atoms with Gasteiger partial charge in [0, 0.05) is 0 Å². The Morgan fingerprint density at radius 2 is 1.59 bits per heavy atom. The van der Waals surface area contributed by atoms with E-state index in [1.54, 1.807) is 0 Å². The first kappa shape index (κ1) is 12.0. The molecule has 0 aromatic heterocycles. The Balaban J connectivity index is 1.59. The van der Waals surface area contributed by atoms with E-state index in [9.17, 15) is 0 Å². The van der Waals surface area contributed by atoms with Crippen LogP contribution in [0.1, 0.15) is 65.7 Å². The zero-order valence-electron chi connectivity index (χ0n) is 11.8. The van der Waals surface area contributed by atoms with E-state index in [-0.39, 0.29) is 0 Å². The van der Waals surface area contributed by atoms with E-state index in [1.165, 1.54) is 44.9 Å². The monoisotopic (exact) mass is 236 g/mol. The van der Waals surface area contributed by atoms with Gasteiger partial charge in [-0.1, -0.05) is 20.8 Å². The molecule has 1 aliphatic heterocycles. The van der Waals surface area contributed by atoms with Gasteiger partial charge in [-0.15, -0.1) is 0 Å². The van der Waals surface area contributed by atoms with Crippen LogP contribution >= 0.6 is 0 Å². The maximum absolute atomic E-state index is 6.35. The quantitative estimate of drug-likeness (QED) is 0.605. The van der Waals surface area contributed by atoms with Crippen LogP contribution in [0, 0.1) is 23.2 Å². The van der Waals surface area contributed by atoms with Crippen LogP contribution in [0.15, 0.2) is 0 Å². The van der Waals surface area contributed by atoms with E-state index < -0.39 is 0 Å². The number of hydrogen-bond donors (Lipinski definition) is 0. The topological polar surface area (TPSA) is 9.23 Å². The molecule has 1 nitrogen and oxygen atoms in total. The molecule has 0 amide bonds. The molecular formula is C16H28O. The Morgan fingerprint density at radius 3 is 2.24 bits per heavy atom. The van der Waals surface area contributed by atoms with Crippen molar-refractivity contribution in [1.82, 2.24) is 0 Å². The Kier molecular flexibility index (Phi) is 2.81. The van der Waals surface area contributed by atoms with Gasteiger partial charge in [0.25, 0.3) is 0 Å². The second kappa shape index (κ2) is 3.98. The Morgan fingerprint density at radius 1 is 0.941 bits per heavy atom. The molecule has 98 valence electrons. The van der Waals surface area contributed by atoms with Gasteiger partial charge in [0.15, 0.2) is 0 Å². The molecule has 2 atom stereocenters. The fourth-order valence-electron chi connectivity index (χ4n) is 4.08. The molecule has 0 bridgehead atoms. The van der Waals surface area contributed by atoms with E-state index >= 15 is 0 Å². The predicted octanol–water partition coefficient (Wildman–Crippen LogP) is 4.41. The smallest absolute Gasteiger partial charge is 0.0683 e. The van der Waals surface area contributed by atoms with Crippen LogP contribution in [0.5, 0.6) is 0 Å². The van der Waals surface area contributed by atoms with Crippen molar-refractivity contribution in [3.05, 3.63) is 0 Å². The maximum Gasteiger partial charge on any atom is 0.0683 e. The predicted molar refractivity (Wildman–Crippen MR) is 70.9 cm³/mol. The Labute approximate surface area is 106 Å². The lowest BCUT2D eigenvalue weighted by molar-refractivity contribution is -0.0893. The maximum atomic E-state index is 6.35. The van der Waals surface area contributed by atoms with Crippen molar-refractivity contribution in [2.45, 2.75) is 71.3 Å². The van der Waals surface area contributed by atoms with Crippen LogP contribution in [0.3, 0.4) is 0 Å². The van der Waals surface area contributed by atoms with E-state index in [2.05, 4.69) is 20.8 Å². The van der Waals surface area contributed by atoms with Crippen LogP contribution in [0.2, 0.25) is 0 Å². The first-order valence-electron chi connectivity index (χ1n) is 7.62. The van der Waals surface area contributed by atoms with Crippen molar-refractivity contribution in [1.29, 1.82) is 0 Å². The van der Waals surface area contributed by atoms with Crippen LogP contribution in [-0.4, -0.2) is 12.2 Å².